The molecule has 2 nitrogen and oxygen atoms in total. The summed E-state index contributed by atoms with van der Waals surface area (Å²) in [7, 11) is 2.00. The summed E-state index contributed by atoms with van der Waals surface area (Å²) in [4.78, 5) is 0. The number of benzene rings is 1. The molecule has 0 bridgehead atoms. The molecule has 0 N–H and O–H groups in total. The summed E-state index contributed by atoms with van der Waals surface area (Å²) >= 11 is 6.72. The highest BCUT2D eigenvalue weighted by atomic mass is 35.7. The van der Waals surface area contributed by atoms with E-state index in [0.717, 1.165) is 18.6 Å². The SMILES string of the molecule is CCCCCC(CC)(PCl)c1cc(C(C)(C)C)cc(C(C)(C)C)c1OCOC. The minimum absolute atomic E-state index is 0.0303. The molecule has 2 unspecified atom stereocenters. The highest BCUT2D eigenvalue weighted by Crippen LogP contribution is 2.56. The van der Waals surface area contributed by atoms with Crippen molar-refractivity contribution in [2.45, 2.75) is 103 Å². The molecule has 0 saturated heterocycles. The fourth-order valence-corrected chi connectivity index (χ4v) is 5.27. The maximum Gasteiger partial charge on any atom is 0.188 e. The van der Waals surface area contributed by atoms with Crippen molar-refractivity contribution in [3.63, 3.8) is 0 Å². The predicted molar refractivity (Wildman–Crippen MR) is 127 cm³/mol. The van der Waals surface area contributed by atoms with Gasteiger partial charge in [0.15, 0.2) is 6.79 Å². The Bertz CT molecular complexity index is 610. The van der Waals surface area contributed by atoms with Gasteiger partial charge in [0.05, 0.1) is 0 Å². The van der Waals surface area contributed by atoms with Crippen molar-refractivity contribution in [3.8, 4) is 5.75 Å². The van der Waals surface area contributed by atoms with E-state index in [2.05, 4.69) is 67.5 Å². The van der Waals surface area contributed by atoms with Crippen LogP contribution in [0.4, 0.5) is 0 Å². The van der Waals surface area contributed by atoms with Crippen molar-refractivity contribution >= 4 is 19.2 Å². The lowest BCUT2D eigenvalue weighted by Crippen LogP contribution is -2.25. The first kappa shape index (κ1) is 25.7. The van der Waals surface area contributed by atoms with Crippen LogP contribution >= 0.6 is 19.2 Å². The Morgan fingerprint density at radius 1 is 0.929 bits per heavy atom. The quantitative estimate of drug-likeness (QED) is 0.212. The monoisotopic (exact) mass is 428 g/mol. The van der Waals surface area contributed by atoms with Gasteiger partial charge in [-0.2, -0.15) is 0 Å². The maximum atomic E-state index is 6.72. The highest BCUT2D eigenvalue weighted by Gasteiger charge is 2.36. The van der Waals surface area contributed by atoms with E-state index in [1.807, 2.05) is 0 Å². The van der Waals surface area contributed by atoms with Gasteiger partial charge in [-0.15, -0.1) is 0 Å². The Morgan fingerprint density at radius 2 is 1.54 bits per heavy atom. The summed E-state index contributed by atoms with van der Waals surface area (Å²) in [6.07, 6.45) is 5.76. The molecule has 0 aromatic heterocycles. The van der Waals surface area contributed by atoms with Crippen LogP contribution in [0.15, 0.2) is 12.1 Å². The van der Waals surface area contributed by atoms with Gasteiger partial charge >= 0.3 is 0 Å². The third-order valence-electron chi connectivity index (χ3n) is 5.59. The lowest BCUT2D eigenvalue weighted by Gasteiger charge is -2.37. The Balaban J connectivity index is 3.79. The van der Waals surface area contributed by atoms with E-state index >= 15 is 0 Å². The molecule has 1 aromatic carbocycles. The fourth-order valence-electron chi connectivity index (χ4n) is 3.59. The molecule has 0 heterocycles. The Morgan fingerprint density at radius 3 is 1.96 bits per heavy atom. The van der Waals surface area contributed by atoms with Crippen LogP contribution in [0.3, 0.4) is 0 Å². The van der Waals surface area contributed by atoms with Crippen LogP contribution in [-0.4, -0.2) is 13.9 Å². The normalized spacial score (nSPS) is 15.2. The number of rotatable bonds is 10. The first-order valence-corrected chi connectivity index (χ1v) is 12.7. The van der Waals surface area contributed by atoms with Gasteiger partial charge in [-0.3, -0.25) is 0 Å². The molecule has 1 rings (SSSR count). The summed E-state index contributed by atoms with van der Waals surface area (Å²) in [5.41, 5.74) is 3.90. The summed E-state index contributed by atoms with van der Waals surface area (Å²) < 4.78 is 11.5. The van der Waals surface area contributed by atoms with Crippen LogP contribution in [0.1, 0.15) is 104 Å². The van der Waals surface area contributed by atoms with E-state index in [1.54, 1.807) is 7.11 Å². The summed E-state index contributed by atoms with van der Waals surface area (Å²) in [6.45, 7) is 18.4. The first-order chi connectivity index (χ1) is 13.0. The predicted octanol–water partition coefficient (Wildman–Crippen LogP) is 8.28. The van der Waals surface area contributed by atoms with Gasteiger partial charge in [0.1, 0.15) is 5.75 Å². The smallest absolute Gasteiger partial charge is 0.188 e. The average Bonchev–Trinajstić information content (AvgIpc) is 2.62. The molecule has 0 fully saturated rings. The lowest BCUT2D eigenvalue weighted by molar-refractivity contribution is 0.0485. The third kappa shape index (κ3) is 6.35. The zero-order valence-corrected chi connectivity index (χ0v) is 21.3. The standard InChI is InChI=1S/C24H42ClO2P/c1-10-12-13-14-24(11-2,28-25)20-16-18(22(3,4)5)15-19(23(6,7)8)21(20)27-17-26-9/h15-16,28H,10-14,17H2,1-9H3. The number of halogens is 1. The van der Waals surface area contributed by atoms with E-state index in [4.69, 9.17) is 20.7 Å². The third-order valence-corrected chi connectivity index (χ3v) is 7.91. The van der Waals surface area contributed by atoms with Gasteiger partial charge in [0.2, 0.25) is 0 Å². The van der Waals surface area contributed by atoms with Gasteiger partial charge in [-0.05, 0) is 37.2 Å². The molecule has 0 amide bonds. The molecular weight excluding hydrogens is 387 g/mol. The average molecular weight is 429 g/mol. The molecule has 2 atom stereocenters. The topological polar surface area (TPSA) is 18.5 Å². The number of hydrogen-bond acceptors (Lipinski definition) is 2. The molecule has 0 radical (unpaired) electrons. The van der Waals surface area contributed by atoms with Crippen LogP contribution in [-0.2, 0) is 20.7 Å². The van der Waals surface area contributed by atoms with E-state index in [0.29, 0.717) is 7.93 Å². The van der Waals surface area contributed by atoms with Crippen molar-refractivity contribution in [2.24, 2.45) is 0 Å². The second kappa shape index (κ2) is 10.6. The molecule has 0 aliphatic carbocycles. The number of ether oxygens (including phenoxy) is 2. The van der Waals surface area contributed by atoms with Crippen LogP contribution < -0.4 is 4.74 Å². The minimum Gasteiger partial charge on any atom is -0.467 e. The van der Waals surface area contributed by atoms with Gasteiger partial charge in [0.25, 0.3) is 0 Å². The van der Waals surface area contributed by atoms with Crippen LogP contribution in [0.2, 0.25) is 0 Å². The van der Waals surface area contributed by atoms with E-state index in [1.165, 1.54) is 36.0 Å². The molecule has 0 aliphatic heterocycles. The van der Waals surface area contributed by atoms with Crippen LogP contribution in [0.5, 0.6) is 5.75 Å². The number of hydrogen-bond donors (Lipinski definition) is 0. The summed E-state index contributed by atoms with van der Waals surface area (Å²) in [5, 5.41) is -0.0545. The molecule has 0 spiro atoms. The van der Waals surface area contributed by atoms with Crippen molar-refractivity contribution in [3.05, 3.63) is 28.8 Å². The molecule has 0 aliphatic rings. The Kier molecular flexibility index (Phi) is 9.79. The second-order valence-corrected chi connectivity index (χ2v) is 11.7. The number of unbranched alkanes of at least 4 members (excludes halogenated alkanes) is 2. The molecule has 28 heavy (non-hydrogen) atoms. The van der Waals surface area contributed by atoms with E-state index in [-0.39, 0.29) is 22.8 Å². The summed E-state index contributed by atoms with van der Waals surface area (Å²) in [5.74, 6) is 0.980. The van der Waals surface area contributed by atoms with Crippen molar-refractivity contribution in [1.82, 2.24) is 0 Å². The van der Waals surface area contributed by atoms with Gasteiger partial charge in [-0.25, -0.2) is 0 Å². The second-order valence-electron chi connectivity index (χ2n) is 9.94. The zero-order valence-electron chi connectivity index (χ0n) is 19.6. The molecule has 4 heteroatoms. The van der Waals surface area contributed by atoms with Crippen LogP contribution in [0.25, 0.3) is 0 Å². The van der Waals surface area contributed by atoms with Crippen LogP contribution in [0, 0.1) is 0 Å². The Labute approximate surface area is 180 Å². The fraction of sp³-hybridized carbons (Fsp3) is 0.750. The highest BCUT2D eigenvalue weighted by molar-refractivity contribution is 7.69. The number of methoxy groups -OCH3 is 1. The maximum absolute atomic E-state index is 6.72. The molecule has 0 saturated carbocycles. The zero-order chi connectivity index (χ0) is 21.6. The molecule has 1 aromatic rings. The Hall–Kier alpha value is -0.300. The van der Waals surface area contributed by atoms with Crippen molar-refractivity contribution in [2.75, 3.05) is 13.9 Å². The summed E-state index contributed by atoms with van der Waals surface area (Å²) in [6, 6.07) is 4.70. The van der Waals surface area contributed by atoms with Gasteiger partial charge < -0.3 is 9.47 Å². The van der Waals surface area contributed by atoms with Crippen molar-refractivity contribution < 1.29 is 9.47 Å². The van der Waals surface area contributed by atoms with E-state index in [9.17, 15) is 0 Å². The molecule has 162 valence electrons. The van der Waals surface area contributed by atoms with Gasteiger partial charge in [0, 0.05) is 23.4 Å². The first-order valence-electron chi connectivity index (χ1n) is 10.7. The lowest BCUT2D eigenvalue weighted by atomic mass is 9.76. The minimum atomic E-state index is -0.0545. The van der Waals surface area contributed by atoms with Gasteiger partial charge in [-0.1, -0.05) is 98.0 Å². The van der Waals surface area contributed by atoms with E-state index < -0.39 is 0 Å². The molecular formula is C24H42ClO2P. The van der Waals surface area contributed by atoms with Crippen molar-refractivity contribution in [1.29, 1.82) is 0 Å². The largest absolute Gasteiger partial charge is 0.467 e.